The average Bonchev–Trinajstić information content (AvgIpc) is 3.03. The lowest BCUT2D eigenvalue weighted by Crippen LogP contribution is -2.12. The first-order valence-electron chi connectivity index (χ1n) is 7.21. The number of ether oxygens (including phenoxy) is 1. The van der Waals surface area contributed by atoms with Crippen LogP contribution >= 0.6 is 0 Å². The Morgan fingerprint density at radius 1 is 1.00 bits per heavy atom. The van der Waals surface area contributed by atoms with E-state index in [9.17, 15) is 5.11 Å². The van der Waals surface area contributed by atoms with Crippen LogP contribution in [0.3, 0.4) is 0 Å². The van der Waals surface area contributed by atoms with Gasteiger partial charge in [-0.1, -0.05) is 54.6 Å². The highest BCUT2D eigenvalue weighted by molar-refractivity contribution is 5.29. The highest BCUT2D eigenvalue weighted by Crippen LogP contribution is 2.28. The molecule has 3 rings (SSSR count). The van der Waals surface area contributed by atoms with Gasteiger partial charge in [0.05, 0.1) is 12.7 Å². The van der Waals surface area contributed by atoms with Gasteiger partial charge in [0.2, 0.25) is 0 Å². The SMILES string of the molecule is OC(c1ccc(Cc2ccccc2)cc1)C1CCOC1. The van der Waals surface area contributed by atoms with Crippen LogP contribution in [0.2, 0.25) is 0 Å². The van der Waals surface area contributed by atoms with Crippen molar-refractivity contribution >= 4 is 0 Å². The quantitative estimate of drug-likeness (QED) is 0.921. The topological polar surface area (TPSA) is 29.5 Å². The number of hydrogen-bond donors (Lipinski definition) is 1. The van der Waals surface area contributed by atoms with Gasteiger partial charge in [-0.15, -0.1) is 0 Å². The molecule has 1 aliphatic rings. The van der Waals surface area contributed by atoms with E-state index < -0.39 is 6.10 Å². The first kappa shape index (κ1) is 13.3. The van der Waals surface area contributed by atoms with Gasteiger partial charge in [0, 0.05) is 12.5 Å². The molecule has 1 heterocycles. The zero-order valence-electron chi connectivity index (χ0n) is 11.5. The minimum absolute atomic E-state index is 0.245. The first-order valence-corrected chi connectivity index (χ1v) is 7.21. The van der Waals surface area contributed by atoms with Crippen molar-refractivity contribution in [3.8, 4) is 0 Å². The molecule has 2 heteroatoms. The molecule has 0 spiro atoms. The predicted molar refractivity (Wildman–Crippen MR) is 79.6 cm³/mol. The van der Waals surface area contributed by atoms with Gasteiger partial charge in [0.25, 0.3) is 0 Å². The maximum absolute atomic E-state index is 10.3. The third-order valence-electron chi connectivity index (χ3n) is 3.98. The number of aliphatic hydroxyl groups excluding tert-OH is 1. The summed E-state index contributed by atoms with van der Waals surface area (Å²) in [6.45, 7) is 1.45. The van der Waals surface area contributed by atoms with Crippen LogP contribution in [0.15, 0.2) is 54.6 Å². The van der Waals surface area contributed by atoms with Crippen LogP contribution in [0.4, 0.5) is 0 Å². The van der Waals surface area contributed by atoms with Crippen LogP contribution in [0.5, 0.6) is 0 Å². The molecule has 1 N–H and O–H groups in total. The summed E-state index contributed by atoms with van der Waals surface area (Å²) in [5.41, 5.74) is 3.58. The second kappa shape index (κ2) is 6.21. The van der Waals surface area contributed by atoms with Crippen molar-refractivity contribution in [2.75, 3.05) is 13.2 Å². The largest absolute Gasteiger partial charge is 0.388 e. The van der Waals surface area contributed by atoms with Gasteiger partial charge in [-0.2, -0.15) is 0 Å². The summed E-state index contributed by atoms with van der Waals surface area (Å²) in [4.78, 5) is 0. The zero-order chi connectivity index (χ0) is 13.8. The van der Waals surface area contributed by atoms with Crippen molar-refractivity contribution in [3.05, 3.63) is 71.3 Å². The summed E-state index contributed by atoms with van der Waals surface area (Å²) >= 11 is 0. The molecule has 20 heavy (non-hydrogen) atoms. The summed E-state index contributed by atoms with van der Waals surface area (Å²) < 4.78 is 5.34. The van der Waals surface area contributed by atoms with E-state index in [2.05, 4.69) is 36.4 Å². The monoisotopic (exact) mass is 268 g/mol. The van der Waals surface area contributed by atoms with Crippen molar-refractivity contribution in [1.82, 2.24) is 0 Å². The number of aliphatic hydroxyl groups is 1. The van der Waals surface area contributed by atoms with Crippen molar-refractivity contribution in [1.29, 1.82) is 0 Å². The molecular weight excluding hydrogens is 248 g/mol. The Bertz CT molecular complexity index is 527. The van der Waals surface area contributed by atoms with Crippen molar-refractivity contribution in [3.63, 3.8) is 0 Å². The molecule has 1 fully saturated rings. The van der Waals surface area contributed by atoms with Crippen LogP contribution in [0.1, 0.15) is 29.2 Å². The Labute approximate surface area is 120 Å². The lowest BCUT2D eigenvalue weighted by atomic mass is 9.94. The van der Waals surface area contributed by atoms with E-state index in [4.69, 9.17) is 4.74 Å². The van der Waals surface area contributed by atoms with Crippen molar-refractivity contribution in [2.45, 2.75) is 18.9 Å². The Hall–Kier alpha value is -1.64. The van der Waals surface area contributed by atoms with Gasteiger partial charge in [0.1, 0.15) is 0 Å². The molecule has 2 aromatic rings. The van der Waals surface area contributed by atoms with Gasteiger partial charge < -0.3 is 9.84 Å². The summed E-state index contributed by atoms with van der Waals surface area (Å²) in [6.07, 6.45) is 1.49. The molecule has 2 unspecified atom stereocenters. The van der Waals surface area contributed by atoms with Gasteiger partial charge in [0.15, 0.2) is 0 Å². The molecule has 2 nitrogen and oxygen atoms in total. The third kappa shape index (κ3) is 3.09. The minimum Gasteiger partial charge on any atom is -0.388 e. The molecule has 0 bridgehead atoms. The Balaban J connectivity index is 1.68. The Morgan fingerprint density at radius 2 is 1.70 bits per heavy atom. The van der Waals surface area contributed by atoms with E-state index in [0.29, 0.717) is 6.61 Å². The number of hydrogen-bond acceptors (Lipinski definition) is 2. The molecule has 1 aliphatic heterocycles. The third-order valence-corrected chi connectivity index (χ3v) is 3.98. The maximum Gasteiger partial charge on any atom is 0.0841 e. The molecule has 0 aliphatic carbocycles. The molecule has 2 atom stereocenters. The van der Waals surface area contributed by atoms with E-state index in [1.807, 2.05) is 18.2 Å². The first-order chi connectivity index (χ1) is 9.83. The molecule has 104 valence electrons. The smallest absolute Gasteiger partial charge is 0.0841 e. The second-order valence-electron chi connectivity index (χ2n) is 5.47. The van der Waals surface area contributed by atoms with Gasteiger partial charge >= 0.3 is 0 Å². The summed E-state index contributed by atoms with van der Waals surface area (Å²) in [7, 11) is 0. The predicted octanol–water partition coefficient (Wildman–Crippen LogP) is 3.35. The molecular formula is C18H20O2. The van der Waals surface area contributed by atoms with Crippen LogP contribution in [0, 0.1) is 5.92 Å². The normalized spacial score (nSPS) is 19.9. The lowest BCUT2D eigenvalue weighted by molar-refractivity contribution is 0.0918. The maximum atomic E-state index is 10.3. The zero-order valence-corrected chi connectivity index (χ0v) is 11.5. The average molecular weight is 268 g/mol. The molecule has 0 saturated carbocycles. The second-order valence-corrected chi connectivity index (χ2v) is 5.47. The molecule has 2 aromatic carbocycles. The lowest BCUT2D eigenvalue weighted by Gasteiger charge is -2.17. The molecule has 0 radical (unpaired) electrons. The van der Waals surface area contributed by atoms with E-state index in [0.717, 1.165) is 25.0 Å². The van der Waals surface area contributed by atoms with E-state index >= 15 is 0 Å². The summed E-state index contributed by atoms with van der Waals surface area (Å²) in [5, 5.41) is 10.3. The highest BCUT2D eigenvalue weighted by Gasteiger charge is 2.24. The molecule has 1 saturated heterocycles. The summed E-state index contributed by atoms with van der Waals surface area (Å²) in [5.74, 6) is 0.245. The van der Waals surface area contributed by atoms with Crippen LogP contribution < -0.4 is 0 Å². The minimum atomic E-state index is -0.400. The van der Waals surface area contributed by atoms with Gasteiger partial charge in [-0.3, -0.25) is 0 Å². The van der Waals surface area contributed by atoms with Crippen LogP contribution in [-0.4, -0.2) is 18.3 Å². The Kier molecular flexibility index (Phi) is 4.14. The van der Waals surface area contributed by atoms with Gasteiger partial charge in [-0.05, 0) is 29.5 Å². The fourth-order valence-electron chi connectivity index (χ4n) is 2.74. The van der Waals surface area contributed by atoms with Gasteiger partial charge in [-0.25, -0.2) is 0 Å². The molecule has 0 aromatic heterocycles. The fraction of sp³-hybridized carbons (Fsp3) is 0.333. The molecule has 0 amide bonds. The fourth-order valence-corrected chi connectivity index (χ4v) is 2.74. The van der Waals surface area contributed by atoms with E-state index in [1.54, 1.807) is 0 Å². The standard InChI is InChI=1S/C18H20O2/c19-18(17-10-11-20-13-17)16-8-6-15(7-9-16)12-14-4-2-1-3-5-14/h1-9,17-19H,10-13H2. The number of rotatable bonds is 4. The summed E-state index contributed by atoms with van der Waals surface area (Å²) in [6, 6.07) is 18.7. The van der Waals surface area contributed by atoms with E-state index in [-0.39, 0.29) is 5.92 Å². The highest BCUT2D eigenvalue weighted by atomic mass is 16.5. The number of benzene rings is 2. The van der Waals surface area contributed by atoms with Crippen LogP contribution in [0.25, 0.3) is 0 Å². The van der Waals surface area contributed by atoms with E-state index in [1.165, 1.54) is 11.1 Å². The van der Waals surface area contributed by atoms with Crippen molar-refractivity contribution in [2.24, 2.45) is 5.92 Å². The van der Waals surface area contributed by atoms with Crippen LogP contribution in [-0.2, 0) is 11.2 Å². The van der Waals surface area contributed by atoms with Crippen molar-refractivity contribution < 1.29 is 9.84 Å². The Morgan fingerprint density at radius 3 is 2.35 bits per heavy atom.